The van der Waals surface area contributed by atoms with E-state index in [1.54, 1.807) is 0 Å². The Morgan fingerprint density at radius 1 is 0.303 bits per heavy atom. The van der Waals surface area contributed by atoms with E-state index >= 15 is 0 Å². The molecule has 0 atom stereocenters. The van der Waals surface area contributed by atoms with Crippen molar-refractivity contribution in [3.63, 3.8) is 0 Å². The molecule has 0 saturated carbocycles. The van der Waals surface area contributed by atoms with Crippen molar-refractivity contribution in [2.45, 2.75) is 0 Å². The van der Waals surface area contributed by atoms with Gasteiger partial charge in [0.1, 0.15) is 0 Å². The molecule has 0 N–H and O–H groups in total. The van der Waals surface area contributed by atoms with Crippen LogP contribution in [0.25, 0.3) is 0 Å². The van der Waals surface area contributed by atoms with Gasteiger partial charge in [0, 0.05) is 0 Å². The summed E-state index contributed by atoms with van der Waals surface area (Å²) < 4.78 is 184. The van der Waals surface area contributed by atoms with Crippen molar-refractivity contribution < 1.29 is 138 Å². The van der Waals surface area contributed by atoms with Crippen LogP contribution < -0.4 is 0 Å². The summed E-state index contributed by atoms with van der Waals surface area (Å²) in [5.74, 6) is 0. The van der Waals surface area contributed by atoms with Crippen molar-refractivity contribution in [2.75, 3.05) is 0 Å². The third kappa shape index (κ3) is 65.6. The van der Waals surface area contributed by atoms with Crippen molar-refractivity contribution in [3.8, 4) is 0 Å². The zero-order valence-corrected chi connectivity index (χ0v) is 20.1. The third-order valence-electron chi connectivity index (χ3n) is 0.583. The molecule has 0 aliphatic heterocycles. The van der Waals surface area contributed by atoms with E-state index in [4.69, 9.17) is 0 Å². The van der Waals surface area contributed by atoms with Gasteiger partial charge in [-0.25, -0.2) is 50.5 Å². The monoisotopic (exact) mass is 712 g/mol. The van der Waals surface area contributed by atoms with E-state index in [2.05, 4.69) is 26.0 Å². The quantitative estimate of drug-likeness (QED) is 0.0704. The van der Waals surface area contributed by atoms with Gasteiger partial charge in [-0.3, -0.25) is 0 Å². The van der Waals surface area contributed by atoms with Crippen molar-refractivity contribution in [1.82, 2.24) is 0 Å². The molecule has 0 fully saturated rings. The first-order chi connectivity index (χ1) is 12.6. The minimum atomic E-state index is -5.31. The molecule has 2 radical (unpaired) electrons. The van der Waals surface area contributed by atoms with Crippen LogP contribution in [-0.2, 0) is 123 Å². The Labute approximate surface area is 227 Å². The van der Waals surface area contributed by atoms with Crippen LogP contribution in [0.5, 0.6) is 0 Å². The molecule has 0 aromatic heterocycles. The summed E-state index contributed by atoms with van der Waals surface area (Å²) in [6, 6.07) is 0. The van der Waals surface area contributed by atoms with E-state index in [1.165, 1.54) is 0 Å². The second-order valence-electron chi connectivity index (χ2n) is 2.86. The van der Waals surface area contributed by atoms with E-state index in [0.717, 1.165) is 0 Å². The van der Waals surface area contributed by atoms with Crippen LogP contribution in [0.15, 0.2) is 0 Å². The van der Waals surface area contributed by atoms with Crippen LogP contribution in [0.1, 0.15) is 0 Å². The first kappa shape index (κ1) is 47.5. The van der Waals surface area contributed by atoms with Crippen molar-refractivity contribution >= 4 is 92.0 Å². The molecule has 33 heavy (non-hydrogen) atoms. The van der Waals surface area contributed by atoms with E-state index in [-0.39, 0.29) is 63.7 Å². The fraction of sp³-hybridized carbons (Fsp3) is 0. The van der Waals surface area contributed by atoms with Gasteiger partial charge in [0.15, 0.2) is 0 Å². The Bertz CT molecular complexity index is 899. The fourth-order valence-electron chi connectivity index (χ4n) is 0.204. The van der Waals surface area contributed by atoms with Gasteiger partial charge in [0.05, 0.1) is 0 Å². The Hall–Kier alpha value is 1.26. The van der Waals surface area contributed by atoms with E-state index < -0.39 is 62.4 Å². The summed E-state index contributed by atoms with van der Waals surface area (Å²) in [4.78, 5) is 0. The molecule has 0 bridgehead atoms. The normalized spacial score (nSPS) is 12.2. The maximum atomic E-state index is 9.37. The average molecular weight is 712 g/mol. The molecule has 0 amide bonds. The molecule has 0 aromatic rings. The molecule has 33 heteroatoms. The van der Waals surface area contributed by atoms with Crippen LogP contribution in [0, 0.1) is 0 Å². The number of hydrogen-bond donors (Lipinski definition) is 0. The standard InChI is InChI=1S/2Fe.Na.3H2O8S2.H/c;;;3*1-9(2,3)7-8-10(4,5)6;/h;;;3*(H,1,2,3)(H,4,5,6);/q2*+3;;;;;/p-6. The van der Waals surface area contributed by atoms with Crippen molar-refractivity contribution in [2.24, 2.45) is 0 Å². The van der Waals surface area contributed by atoms with Gasteiger partial charge in [-0.15, -0.1) is 26.0 Å². The third-order valence-corrected chi connectivity index (χ3v) is 2.25. The average Bonchev–Trinajstić information content (AvgIpc) is 2.38. The van der Waals surface area contributed by atoms with Gasteiger partial charge in [-0.05, 0) is 0 Å². The molecular weight excluding hydrogens is 711 g/mol. The first-order valence-electron chi connectivity index (χ1n) is 4.50. The number of hydrogen-bond acceptors (Lipinski definition) is 24. The van der Waals surface area contributed by atoms with Gasteiger partial charge in [-0.1, -0.05) is 0 Å². The Kier molecular flexibility index (Phi) is 26.6. The molecule has 0 aliphatic carbocycles. The SMILES string of the molecule is O=S(=O)([O-])OOS(=O)(=O)[O-].O=S(=O)([O-])OOS(=O)(=O)[O-].O=S(=O)([O-])OOS(=O)(=O)[O-].[Fe+3].[Fe+3].[NaH]. The Balaban J connectivity index is -0.0000000792. The zero-order valence-electron chi connectivity index (χ0n) is 13.0. The molecular formula is HFe2NaO24S6. The second-order valence-corrected chi connectivity index (χ2v) is 8.57. The summed E-state index contributed by atoms with van der Waals surface area (Å²) in [5.41, 5.74) is 0. The van der Waals surface area contributed by atoms with Gasteiger partial charge in [-0.2, -0.15) is 0 Å². The van der Waals surface area contributed by atoms with Crippen LogP contribution in [0.3, 0.4) is 0 Å². The van der Waals surface area contributed by atoms with E-state index in [1.807, 2.05) is 0 Å². The van der Waals surface area contributed by atoms with Gasteiger partial charge in [0.2, 0.25) is 62.4 Å². The molecule has 0 saturated heterocycles. The van der Waals surface area contributed by atoms with Crippen LogP contribution in [0.4, 0.5) is 0 Å². The molecule has 0 heterocycles. The van der Waals surface area contributed by atoms with Crippen LogP contribution >= 0.6 is 0 Å². The van der Waals surface area contributed by atoms with Gasteiger partial charge >= 0.3 is 63.7 Å². The molecule has 0 unspecified atom stereocenters. The first-order valence-corrected chi connectivity index (χ1v) is 12.5. The summed E-state index contributed by atoms with van der Waals surface area (Å²) in [7, 11) is -31.9. The topological polar surface area (TPSA) is 399 Å². The maximum absolute atomic E-state index is 9.37. The van der Waals surface area contributed by atoms with Gasteiger partial charge in [0.25, 0.3) is 0 Å². The van der Waals surface area contributed by atoms with Crippen LogP contribution in [-0.4, -0.2) is 107 Å². The van der Waals surface area contributed by atoms with Gasteiger partial charge < -0.3 is 27.3 Å². The minimum absolute atomic E-state index is 0. The molecule has 0 spiro atoms. The molecule has 0 rings (SSSR count). The summed E-state index contributed by atoms with van der Waals surface area (Å²) in [6.07, 6.45) is 0. The summed E-state index contributed by atoms with van der Waals surface area (Å²) >= 11 is 0. The zero-order chi connectivity index (χ0) is 25.2. The predicted molar refractivity (Wildman–Crippen MR) is 71.8 cm³/mol. The Morgan fingerprint density at radius 3 is 0.394 bits per heavy atom. The van der Waals surface area contributed by atoms with E-state index in [0.29, 0.717) is 0 Å². The molecule has 24 nitrogen and oxygen atoms in total. The van der Waals surface area contributed by atoms with Crippen molar-refractivity contribution in [3.05, 3.63) is 0 Å². The van der Waals surface area contributed by atoms with Crippen molar-refractivity contribution in [1.29, 1.82) is 0 Å². The molecule has 0 aromatic carbocycles. The summed E-state index contributed by atoms with van der Waals surface area (Å²) in [6.45, 7) is 0. The summed E-state index contributed by atoms with van der Waals surface area (Å²) in [5, 5.41) is 0. The Morgan fingerprint density at radius 2 is 0.364 bits per heavy atom. The van der Waals surface area contributed by atoms with Crippen LogP contribution in [0.2, 0.25) is 0 Å². The molecule has 198 valence electrons. The predicted octanol–water partition coefficient (Wildman–Crippen LogP) is -7.09. The fourth-order valence-corrected chi connectivity index (χ4v) is 1.84. The molecule has 0 aliphatic rings. The number of rotatable bonds is 9. The van der Waals surface area contributed by atoms with E-state index in [9.17, 15) is 77.8 Å². The second kappa shape index (κ2) is 18.5.